The van der Waals surface area contributed by atoms with Crippen LogP contribution < -0.4 is 16.4 Å². The van der Waals surface area contributed by atoms with Gasteiger partial charge in [-0.05, 0) is 30.3 Å². The molecule has 2 amide bonds. The van der Waals surface area contributed by atoms with Gasteiger partial charge in [0.1, 0.15) is 11.5 Å². The summed E-state index contributed by atoms with van der Waals surface area (Å²) in [5.41, 5.74) is 5.15. The van der Waals surface area contributed by atoms with E-state index in [1.165, 1.54) is 5.38 Å². The molecule has 4 aromatic rings. The molecular formula is C20H13F4N7O2S. The van der Waals surface area contributed by atoms with Gasteiger partial charge < -0.3 is 10.7 Å². The van der Waals surface area contributed by atoms with Gasteiger partial charge in [0.05, 0.1) is 22.2 Å². The first kappa shape index (κ1) is 22.8. The van der Waals surface area contributed by atoms with Crippen molar-refractivity contribution < 1.29 is 27.2 Å². The number of aliphatic imine (C=N–C) groups is 1. The average Bonchev–Trinajstić information content (AvgIpc) is 3.39. The van der Waals surface area contributed by atoms with Crippen LogP contribution in [0.1, 0.15) is 26.4 Å². The van der Waals surface area contributed by atoms with Crippen LogP contribution in [0, 0.1) is 5.82 Å². The van der Waals surface area contributed by atoms with Gasteiger partial charge in [-0.25, -0.2) is 14.4 Å². The van der Waals surface area contributed by atoms with Crippen molar-refractivity contribution in [1.29, 1.82) is 0 Å². The minimum Gasteiger partial charge on any atom is -0.369 e. The number of halogens is 4. The number of para-hydroxylation sites is 2. The molecule has 14 heteroatoms. The Morgan fingerprint density at radius 1 is 1.09 bits per heavy atom. The van der Waals surface area contributed by atoms with Crippen LogP contribution in [0.15, 0.2) is 52.8 Å². The van der Waals surface area contributed by atoms with E-state index in [0.29, 0.717) is 17.6 Å². The second kappa shape index (κ2) is 8.90. The fourth-order valence-corrected chi connectivity index (χ4v) is 3.48. The zero-order valence-corrected chi connectivity index (χ0v) is 17.6. The summed E-state index contributed by atoms with van der Waals surface area (Å²) in [5.74, 6) is -3.22. The Morgan fingerprint density at radius 2 is 1.85 bits per heavy atom. The Kier molecular flexibility index (Phi) is 5.98. The third-order valence-electron chi connectivity index (χ3n) is 4.34. The van der Waals surface area contributed by atoms with Crippen LogP contribution >= 0.6 is 11.3 Å². The third-order valence-corrected chi connectivity index (χ3v) is 5.10. The molecule has 9 nitrogen and oxygen atoms in total. The zero-order valence-electron chi connectivity index (χ0n) is 16.8. The molecule has 0 radical (unpaired) electrons. The number of carbonyl (C=O) groups is 2. The molecule has 0 atom stereocenters. The van der Waals surface area contributed by atoms with Crippen LogP contribution in [0.2, 0.25) is 0 Å². The maximum atomic E-state index is 14.0. The Morgan fingerprint density at radius 3 is 2.56 bits per heavy atom. The number of hydrogen-bond acceptors (Lipinski definition) is 6. The van der Waals surface area contributed by atoms with E-state index in [-0.39, 0.29) is 28.8 Å². The van der Waals surface area contributed by atoms with Crippen LogP contribution in [0.5, 0.6) is 0 Å². The van der Waals surface area contributed by atoms with Crippen LogP contribution in [-0.2, 0) is 6.18 Å². The Balaban J connectivity index is 1.41. The number of fused-ring (bicyclic) bond motifs is 1. The number of nitrogens with one attached hydrogen (secondary N) is 3. The van der Waals surface area contributed by atoms with Crippen molar-refractivity contribution in [3.8, 4) is 0 Å². The fraction of sp³-hybridized carbons (Fsp3) is 0.0500. The number of alkyl halides is 3. The molecule has 0 aliphatic carbocycles. The molecule has 174 valence electrons. The van der Waals surface area contributed by atoms with E-state index in [1.54, 1.807) is 18.2 Å². The van der Waals surface area contributed by atoms with Gasteiger partial charge >= 0.3 is 6.18 Å². The number of aromatic nitrogens is 3. The lowest BCUT2D eigenvalue weighted by Crippen LogP contribution is -2.36. The molecule has 2 aromatic carbocycles. The first-order valence-corrected chi connectivity index (χ1v) is 10.2. The summed E-state index contributed by atoms with van der Waals surface area (Å²) >= 11 is 0.843. The monoisotopic (exact) mass is 491 g/mol. The number of H-pyrrole nitrogens is 1. The predicted octanol–water partition coefficient (Wildman–Crippen LogP) is 3.81. The highest BCUT2D eigenvalue weighted by atomic mass is 32.1. The maximum absolute atomic E-state index is 14.0. The number of nitrogens with zero attached hydrogens (tertiary/aromatic N) is 3. The van der Waals surface area contributed by atoms with Gasteiger partial charge in [-0.2, -0.15) is 18.2 Å². The number of imidazole rings is 1. The molecule has 34 heavy (non-hydrogen) atoms. The van der Waals surface area contributed by atoms with Gasteiger partial charge in [0.15, 0.2) is 5.13 Å². The summed E-state index contributed by atoms with van der Waals surface area (Å²) in [6.07, 6.45) is -4.75. The predicted molar refractivity (Wildman–Crippen MR) is 116 cm³/mol. The van der Waals surface area contributed by atoms with Crippen molar-refractivity contribution in [1.82, 2.24) is 20.3 Å². The largest absolute Gasteiger partial charge is 0.416 e. The number of amides is 2. The Labute approximate surface area is 191 Å². The molecule has 5 N–H and O–H groups in total. The number of aromatic amines is 1. The average molecular weight is 491 g/mol. The van der Waals surface area contributed by atoms with Gasteiger partial charge in [0, 0.05) is 5.38 Å². The minimum atomic E-state index is -4.75. The summed E-state index contributed by atoms with van der Waals surface area (Å²) in [7, 11) is 0. The highest BCUT2D eigenvalue weighted by Crippen LogP contribution is 2.30. The van der Waals surface area contributed by atoms with Gasteiger partial charge in [0.25, 0.3) is 11.8 Å². The van der Waals surface area contributed by atoms with Crippen molar-refractivity contribution in [3.05, 3.63) is 70.5 Å². The van der Waals surface area contributed by atoms with E-state index in [9.17, 15) is 27.2 Å². The number of benzene rings is 2. The highest BCUT2D eigenvalue weighted by molar-refractivity contribution is 7.14. The van der Waals surface area contributed by atoms with E-state index in [2.05, 4.69) is 30.6 Å². The normalized spacial score (nSPS) is 12.1. The zero-order chi connectivity index (χ0) is 24.5. The summed E-state index contributed by atoms with van der Waals surface area (Å²) in [4.78, 5) is 39.5. The van der Waals surface area contributed by atoms with E-state index >= 15 is 0 Å². The molecule has 2 aromatic heterocycles. The smallest absolute Gasteiger partial charge is 0.369 e. The minimum absolute atomic E-state index is 0.0813. The molecule has 0 spiro atoms. The number of rotatable bonds is 4. The van der Waals surface area contributed by atoms with Crippen LogP contribution in [-0.4, -0.2) is 32.7 Å². The van der Waals surface area contributed by atoms with Crippen LogP contribution in [0.3, 0.4) is 0 Å². The number of guanidine groups is 1. The first-order chi connectivity index (χ1) is 16.1. The summed E-state index contributed by atoms with van der Waals surface area (Å²) in [5, 5.41) is 5.75. The number of carbonyl (C=O) groups excluding carboxylic acids is 2. The highest BCUT2D eigenvalue weighted by Gasteiger charge is 2.31. The molecule has 0 saturated heterocycles. The molecule has 2 heterocycles. The number of hydrogen-bond donors (Lipinski definition) is 4. The van der Waals surface area contributed by atoms with Crippen LogP contribution in [0.4, 0.5) is 28.6 Å². The lowest BCUT2D eigenvalue weighted by Gasteiger charge is -2.08. The lowest BCUT2D eigenvalue weighted by molar-refractivity contribution is -0.137. The van der Waals surface area contributed by atoms with Gasteiger partial charge in [-0.15, -0.1) is 11.3 Å². The van der Waals surface area contributed by atoms with E-state index in [0.717, 1.165) is 16.9 Å². The van der Waals surface area contributed by atoms with Crippen molar-refractivity contribution >= 4 is 51.2 Å². The standard InChI is InChI=1S/C20H13F4N7O2S/c21-11-7-9(20(22,23)24)5-6-10(11)15(32)30-19-28-14(8-34-19)16(33)29-17(25)31-18-26-12-3-1-2-4-13(12)27-18/h1-8H,(H,28,30,32)(H4,25,26,27,29,31,33). The Bertz CT molecular complexity index is 1390. The molecule has 0 fully saturated rings. The molecule has 0 aliphatic rings. The van der Waals surface area contributed by atoms with Gasteiger partial charge in [-0.3, -0.25) is 20.2 Å². The maximum Gasteiger partial charge on any atom is 0.416 e. The van der Waals surface area contributed by atoms with Crippen LogP contribution in [0.25, 0.3) is 11.0 Å². The Hall–Kier alpha value is -4.33. The second-order valence-corrected chi connectivity index (χ2v) is 7.57. The number of nitrogens with two attached hydrogens (primary N) is 1. The summed E-state index contributed by atoms with van der Waals surface area (Å²) in [6, 6.07) is 8.68. The van der Waals surface area contributed by atoms with Gasteiger partial charge in [0.2, 0.25) is 11.9 Å². The van der Waals surface area contributed by atoms with Crippen molar-refractivity contribution in [2.75, 3.05) is 5.32 Å². The van der Waals surface area contributed by atoms with Crippen molar-refractivity contribution in [3.63, 3.8) is 0 Å². The molecule has 0 aliphatic heterocycles. The molecular weight excluding hydrogens is 478 g/mol. The third kappa shape index (κ3) is 5.01. The van der Waals surface area contributed by atoms with E-state index in [4.69, 9.17) is 5.73 Å². The number of thiazole rings is 1. The van der Waals surface area contributed by atoms with Crippen molar-refractivity contribution in [2.24, 2.45) is 10.7 Å². The van der Waals surface area contributed by atoms with Gasteiger partial charge in [-0.1, -0.05) is 12.1 Å². The quantitative estimate of drug-likeness (QED) is 0.195. The van der Waals surface area contributed by atoms with E-state index < -0.39 is 34.9 Å². The summed E-state index contributed by atoms with van der Waals surface area (Å²) < 4.78 is 51.9. The summed E-state index contributed by atoms with van der Waals surface area (Å²) in [6.45, 7) is 0. The topological polar surface area (TPSA) is 138 Å². The number of anilines is 1. The van der Waals surface area contributed by atoms with Crippen molar-refractivity contribution in [2.45, 2.75) is 6.18 Å². The molecule has 4 rings (SSSR count). The molecule has 0 unspecified atom stereocenters. The SMILES string of the molecule is NC(=Nc1nc2ccccc2[nH]1)NC(=O)c1csc(NC(=O)c2ccc(C(F)(F)F)cc2F)n1. The lowest BCUT2D eigenvalue weighted by atomic mass is 10.1. The molecule has 0 saturated carbocycles. The second-order valence-electron chi connectivity index (χ2n) is 6.71. The van der Waals surface area contributed by atoms with E-state index in [1.807, 2.05) is 6.07 Å². The first-order valence-electron chi connectivity index (χ1n) is 9.34. The fourth-order valence-electron chi connectivity index (χ4n) is 2.79. The molecule has 0 bridgehead atoms.